The number of nitrogens with zero attached hydrogens (tertiary/aromatic N) is 2. The molecule has 0 spiro atoms. The molecule has 0 heterocycles. The third-order valence-electron chi connectivity index (χ3n) is 1.81. The van der Waals surface area contributed by atoms with Crippen LogP contribution in [-0.4, -0.2) is 16.4 Å². The molecular weight excluding hydrogens is 332 g/mol. The van der Waals surface area contributed by atoms with E-state index in [9.17, 15) is 4.79 Å². The summed E-state index contributed by atoms with van der Waals surface area (Å²) in [5, 5.41) is 10.1. The van der Waals surface area contributed by atoms with E-state index in [1.165, 1.54) is 29.6 Å². The highest BCUT2D eigenvalue weighted by Gasteiger charge is 2.02. The van der Waals surface area contributed by atoms with Gasteiger partial charge in [-0.2, -0.15) is 10.3 Å². The Kier molecular flexibility index (Phi) is 6.80. The summed E-state index contributed by atoms with van der Waals surface area (Å²) in [6.07, 6.45) is 5.01. The summed E-state index contributed by atoms with van der Waals surface area (Å²) in [5.74, 6) is -0.0822. The number of halogens is 1. The third kappa shape index (κ3) is 5.08. The summed E-state index contributed by atoms with van der Waals surface area (Å²) in [4.78, 5) is 15.4. The van der Waals surface area contributed by atoms with Crippen LogP contribution in [0, 0.1) is 11.5 Å². The highest BCUT2D eigenvalue weighted by atomic mass is 79.9. The first kappa shape index (κ1) is 15.0. The predicted octanol–water partition coefficient (Wildman–Crippen LogP) is 4.08. The van der Waals surface area contributed by atoms with Crippen molar-refractivity contribution < 1.29 is 4.79 Å². The van der Waals surface area contributed by atoms with E-state index in [1.807, 2.05) is 18.4 Å². The summed E-state index contributed by atoms with van der Waals surface area (Å²) in [5.41, 5.74) is 0.615. The molecule has 0 bridgehead atoms. The number of nitriles is 1. The maximum atomic E-state index is 11.8. The Morgan fingerprint density at radius 1 is 1.56 bits per heavy atom. The van der Waals surface area contributed by atoms with Crippen molar-refractivity contribution in [3.63, 3.8) is 0 Å². The largest absolute Gasteiger partial charge is 0.289 e. The van der Waals surface area contributed by atoms with E-state index in [-0.39, 0.29) is 5.78 Å². The molecule has 92 valence electrons. The number of carbonyl (C=O) groups excluding carboxylic acids is 1. The Bertz CT molecular complexity index is 535. The van der Waals surface area contributed by atoms with Crippen LogP contribution in [-0.2, 0) is 0 Å². The minimum atomic E-state index is -0.0822. The van der Waals surface area contributed by atoms with Gasteiger partial charge in [0, 0.05) is 10.0 Å². The Morgan fingerprint density at radius 2 is 2.33 bits per heavy atom. The molecule has 0 atom stereocenters. The standard InChI is InChI=1S/C12H9BrN2OS2/c1-17-12(15-8-14)18-6-5-11(16)9-3-2-4-10(13)7-9/h2-7H,1H3/b6-5+,15-12?. The van der Waals surface area contributed by atoms with Crippen molar-refractivity contribution in [1.29, 1.82) is 5.26 Å². The van der Waals surface area contributed by atoms with Gasteiger partial charge in [-0.3, -0.25) is 4.79 Å². The monoisotopic (exact) mass is 340 g/mol. The Balaban J connectivity index is 2.66. The van der Waals surface area contributed by atoms with Crippen LogP contribution >= 0.6 is 39.5 Å². The van der Waals surface area contributed by atoms with Gasteiger partial charge in [0.15, 0.2) is 5.78 Å². The van der Waals surface area contributed by atoms with Crippen molar-refractivity contribution in [2.45, 2.75) is 0 Å². The molecule has 0 radical (unpaired) electrons. The van der Waals surface area contributed by atoms with Gasteiger partial charge in [-0.1, -0.05) is 39.8 Å². The minimum Gasteiger partial charge on any atom is -0.289 e. The molecule has 0 aliphatic rings. The highest BCUT2D eigenvalue weighted by molar-refractivity contribution is 9.10. The fourth-order valence-corrected chi connectivity index (χ4v) is 2.54. The van der Waals surface area contributed by atoms with Crippen LogP contribution in [0.5, 0.6) is 0 Å². The lowest BCUT2D eigenvalue weighted by atomic mass is 10.1. The van der Waals surface area contributed by atoms with Gasteiger partial charge < -0.3 is 0 Å². The van der Waals surface area contributed by atoms with Gasteiger partial charge >= 0.3 is 0 Å². The number of ketones is 1. The summed E-state index contributed by atoms with van der Waals surface area (Å²) in [6.45, 7) is 0. The van der Waals surface area contributed by atoms with Crippen LogP contribution in [0.1, 0.15) is 10.4 Å². The van der Waals surface area contributed by atoms with Gasteiger partial charge in [0.1, 0.15) is 4.38 Å². The quantitative estimate of drug-likeness (QED) is 0.273. The zero-order valence-electron chi connectivity index (χ0n) is 9.46. The van der Waals surface area contributed by atoms with Crippen molar-refractivity contribution in [1.82, 2.24) is 0 Å². The van der Waals surface area contributed by atoms with Crippen molar-refractivity contribution in [2.24, 2.45) is 4.99 Å². The number of benzene rings is 1. The van der Waals surface area contributed by atoms with E-state index in [1.54, 1.807) is 23.7 Å². The lowest BCUT2D eigenvalue weighted by Crippen LogP contribution is -1.93. The topological polar surface area (TPSA) is 53.2 Å². The van der Waals surface area contributed by atoms with Crippen molar-refractivity contribution >= 4 is 49.6 Å². The highest BCUT2D eigenvalue weighted by Crippen LogP contribution is 2.17. The second kappa shape index (κ2) is 8.14. The third-order valence-corrected chi connectivity index (χ3v) is 4.10. The second-order valence-corrected chi connectivity index (χ2v) is 5.84. The van der Waals surface area contributed by atoms with Gasteiger partial charge in [-0.05, 0) is 29.9 Å². The number of hydrogen-bond donors (Lipinski definition) is 0. The average molecular weight is 341 g/mol. The lowest BCUT2D eigenvalue weighted by molar-refractivity contribution is 0.104. The number of hydrogen-bond acceptors (Lipinski definition) is 5. The molecule has 3 nitrogen and oxygen atoms in total. The zero-order chi connectivity index (χ0) is 13.4. The van der Waals surface area contributed by atoms with Gasteiger partial charge in [-0.25, -0.2) is 0 Å². The predicted molar refractivity (Wildman–Crippen MR) is 81.8 cm³/mol. The maximum Gasteiger partial charge on any atom is 0.207 e. The molecule has 6 heteroatoms. The summed E-state index contributed by atoms with van der Waals surface area (Å²) < 4.78 is 1.47. The minimum absolute atomic E-state index is 0.0822. The number of allylic oxidation sites excluding steroid dienone is 1. The number of carbonyl (C=O) groups is 1. The van der Waals surface area contributed by atoms with Gasteiger partial charge in [-0.15, -0.1) is 11.8 Å². The van der Waals surface area contributed by atoms with E-state index in [0.29, 0.717) is 9.94 Å². The Labute approximate surface area is 122 Å². The zero-order valence-corrected chi connectivity index (χ0v) is 12.7. The molecule has 0 saturated carbocycles. The molecule has 0 aromatic heterocycles. The van der Waals surface area contributed by atoms with E-state index in [0.717, 1.165) is 4.47 Å². The Hall–Kier alpha value is -1.03. The lowest BCUT2D eigenvalue weighted by Gasteiger charge is -1.96. The second-order valence-electron chi connectivity index (χ2n) is 2.98. The summed E-state index contributed by atoms with van der Waals surface area (Å²) in [6, 6.07) is 7.18. The fourth-order valence-electron chi connectivity index (χ4n) is 1.05. The molecule has 0 aliphatic carbocycles. The van der Waals surface area contributed by atoms with Crippen LogP contribution in [0.4, 0.5) is 0 Å². The first-order valence-corrected chi connectivity index (χ1v) is 7.71. The molecule has 1 aromatic rings. The van der Waals surface area contributed by atoms with E-state index in [2.05, 4.69) is 20.9 Å². The summed E-state index contributed by atoms with van der Waals surface area (Å²) in [7, 11) is 0. The van der Waals surface area contributed by atoms with E-state index >= 15 is 0 Å². The first-order chi connectivity index (χ1) is 8.67. The van der Waals surface area contributed by atoms with Crippen molar-refractivity contribution in [3.05, 3.63) is 45.8 Å². The molecule has 0 saturated heterocycles. The molecule has 1 rings (SSSR count). The molecule has 0 amide bonds. The Morgan fingerprint density at radius 3 is 2.94 bits per heavy atom. The number of aliphatic imine (C=N–C) groups is 1. The van der Waals surface area contributed by atoms with Crippen LogP contribution in [0.25, 0.3) is 0 Å². The summed E-state index contributed by atoms with van der Waals surface area (Å²) >= 11 is 5.93. The molecule has 18 heavy (non-hydrogen) atoms. The van der Waals surface area contributed by atoms with Crippen LogP contribution in [0.2, 0.25) is 0 Å². The average Bonchev–Trinajstić information content (AvgIpc) is 2.37. The van der Waals surface area contributed by atoms with Gasteiger partial charge in [0.05, 0.1) is 0 Å². The van der Waals surface area contributed by atoms with Crippen molar-refractivity contribution in [2.75, 3.05) is 6.26 Å². The number of thioether (sulfide) groups is 2. The van der Waals surface area contributed by atoms with Crippen LogP contribution < -0.4 is 0 Å². The SMILES string of the molecule is CSC(=NC#N)S/C=C/C(=O)c1cccc(Br)c1. The molecule has 0 fully saturated rings. The normalized spacial score (nSPS) is 11.5. The first-order valence-electron chi connectivity index (χ1n) is 4.81. The fraction of sp³-hybridized carbons (Fsp3) is 0.0833. The van der Waals surface area contributed by atoms with Crippen LogP contribution in [0.15, 0.2) is 45.2 Å². The molecule has 1 aromatic carbocycles. The van der Waals surface area contributed by atoms with E-state index < -0.39 is 0 Å². The maximum absolute atomic E-state index is 11.8. The van der Waals surface area contributed by atoms with E-state index in [4.69, 9.17) is 5.26 Å². The number of rotatable bonds is 3. The van der Waals surface area contributed by atoms with Gasteiger partial charge in [0.2, 0.25) is 6.19 Å². The van der Waals surface area contributed by atoms with Gasteiger partial charge in [0.25, 0.3) is 0 Å². The molecule has 0 N–H and O–H groups in total. The smallest absolute Gasteiger partial charge is 0.207 e. The molecule has 0 unspecified atom stereocenters. The van der Waals surface area contributed by atoms with Crippen LogP contribution in [0.3, 0.4) is 0 Å². The molecule has 0 aliphatic heterocycles. The molecular formula is C12H9BrN2OS2. The van der Waals surface area contributed by atoms with Crippen molar-refractivity contribution in [3.8, 4) is 6.19 Å².